The second-order valence-electron chi connectivity index (χ2n) is 5.12. The number of ether oxygens (including phenoxy) is 1. The molecule has 1 saturated heterocycles. The molecule has 6 nitrogen and oxygen atoms in total. The molecule has 1 aromatic carbocycles. The number of carbonyl (C=O) groups excluding carboxylic acids is 1. The van der Waals surface area contributed by atoms with E-state index in [1.165, 1.54) is 16.2 Å². The molecule has 0 bridgehead atoms. The highest BCUT2D eigenvalue weighted by molar-refractivity contribution is 7.13. The molecule has 9 heteroatoms. The lowest BCUT2D eigenvalue weighted by atomic mass is 10.2. The van der Waals surface area contributed by atoms with E-state index in [9.17, 15) is 9.59 Å². The van der Waals surface area contributed by atoms with Gasteiger partial charge in [0.2, 0.25) is 0 Å². The summed E-state index contributed by atoms with van der Waals surface area (Å²) in [6.07, 6.45) is -1.00. The van der Waals surface area contributed by atoms with Gasteiger partial charge in [0.1, 0.15) is 10.7 Å². The van der Waals surface area contributed by atoms with Crippen LogP contribution >= 0.6 is 34.5 Å². The number of rotatable bonds is 3. The largest absolute Gasteiger partial charge is 0.479 e. The van der Waals surface area contributed by atoms with Crippen molar-refractivity contribution in [2.75, 3.05) is 19.7 Å². The smallest absolute Gasteiger partial charge is 0.334 e. The third kappa shape index (κ3) is 3.54. The second-order valence-corrected chi connectivity index (χ2v) is 6.79. The minimum atomic E-state index is -1.08. The summed E-state index contributed by atoms with van der Waals surface area (Å²) >= 11 is 13.2. The number of hydrogen-bond acceptors (Lipinski definition) is 5. The van der Waals surface area contributed by atoms with E-state index in [4.69, 9.17) is 33.0 Å². The van der Waals surface area contributed by atoms with Crippen molar-refractivity contribution in [3.05, 3.63) is 39.3 Å². The average molecular weight is 387 g/mol. The molecule has 0 aliphatic carbocycles. The average Bonchev–Trinajstić information content (AvgIpc) is 3.06. The molecule has 126 valence electrons. The van der Waals surface area contributed by atoms with Gasteiger partial charge in [0.15, 0.2) is 6.10 Å². The van der Waals surface area contributed by atoms with Crippen molar-refractivity contribution in [1.82, 2.24) is 9.88 Å². The van der Waals surface area contributed by atoms with Crippen LogP contribution in [0.3, 0.4) is 0 Å². The first-order chi connectivity index (χ1) is 11.5. The molecule has 1 aliphatic heterocycles. The first-order valence-electron chi connectivity index (χ1n) is 7.00. The van der Waals surface area contributed by atoms with E-state index in [-0.39, 0.29) is 24.8 Å². The first-order valence-corrected chi connectivity index (χ1v) is 8.64. The Kier molecular flexibility index (Phi) is 5.05. The van der Waals surface area contributed by atoms with Crippen LogP contribution in [0.2, 0.25) is 10.0 Å². The first kappa shape index (κ1) is 17.2. The van der Waals surface area contributed by atoms with E-state index in [0.29, 0.717) is 21.6 Å². The molecule has 1 N–H and O–H groups in total. The molecule has 0 radical (unpaired) electrons. The number of morpholine rings is 1. The van der Waals surface area contributed by atoms with Crippen molar-refractivity contribution in [2.45, 2.75) is 6.10 Å². The van der Waals surface area contributed by atoms with Crippen LogP contribution in [0.25, 0.3) is 10.6 Å². The van der Waals surface area contributed by atoms with Gasteiger partial charge in [-0.15, -0.1) is 11.3 Å². The van der Waals surface area contributed by atoms with Crippen LogP contribution in [0.1, 0.15) is 10.5 Å². The third-order valence-corrected chi connectivity index (χ3v) is 5.15. The summed E-state index contributed by atoms with van der Waals surface area (Å²) in [4.78, 5) is 29.3. The van der Waals surface area contributed by atoms with Gasteiger partial charge in [-0.25, -0.2) is 9.78 Å². The fourth-order valence-corrected chi connectivity index (χ4v) is 3.37. The quantitative estimate of drug-likeness (QED) is 0.876. The molecule has 3 rings (SSSR count). The van der Waals surface area contributed by atoms with Crippen molar-refractivity contribution in [3.8, 4) is 10.6 Å². The molecule has 0 spiro atoms. The van der Waals surface area contributed by atoms with Gasteiger partial charge in [-0.1, -0.05) is 29.3 Å². The fourth-order valence-electron chi connectivity index (χ4n) is 2.28. The number of thiazole rings is 1. The summed E-state index contributed by atoms with van der Waals surface area (Å²) in [6, 6.07) is 5.13. The molecule has 1 aliphatic rings. The van der Waals surface area contributed by atoms with Crippen molar-refractivity contribution in [1.29, 1.82) is 0 Å². The Bertz CT molecular complexity index is 796. The van der Waals surface area contributed by atoms with Crippen LogP contribution in [0, 0.1) is 0 Å². The maximum Gasteiger partial charge on any atom is 0.334 e. The topological polar surface area (TPSA) is 79.7 Å². The van der Waals surface area contributed by atoms with Crippen LogP contribution in [0.4, 0.5) is 0 Å². The predicted molar refractivity (Wildman–Crippen MR) is 90.8 cm³/mol. The van der Waals surface area contributed by atoms with Gasteiger partial charge >= 0.3 is 5.97 Å². The maximum atomic E-state index is 12.5. The van der Waals surface area contributed by atoms with E-state index in [0.717, 1.165) is 5.56 Å². The van der Waals surface area contributed by atoms with Gasteiger partial charge < -0.3 is 14.7 Å². The molecule has 24 heavy (non-hydrogen) atoms. The SMILES string of the molecule is O=C(O)C1CN(C(=O)c2csc(-c3ccc(Cl)c(Cl)c3)n2)CCO1. The highest BCUT2D eigenvalue weighted by atomic mass is 35.5. The zero-order chi connectivity index (χ0) is 17.3. The number of aliphatic carboxylic acids is 1. The standard InChI is InChI=1S/C15H12Cl2N2O4S/c16-9-2-1-8(5-10(9)17)13-18-11(7-24-13)14(20)19-3-4-23-12(6-19)15(21)22/h1-2,5,7,12H,3-4,6H2,(H,21,22). The number of carboxylic acids is 1. The Labute approximate surface area is 151 Å². The monoisotopic (exact) mass is 386 g/mol. The Morgan fingerprint density at radius 2 is 2.12 bits per heavy atom. The van der Waals surface area contributed by atoms with Crippen molar-refractivity contribution in [3.63, 3.8) is 0 Å². The summed E-state index contributed by atoms with van der Waals surface area (Å²) < 4.78 is 5.12. The summed E-state index contributed by atoms with van der Waals surface area (Å²) in [5.41, 5.74) is 1.03. The van der Waals surface area contributed by atoms with E-state index in [1.54, 1.807) is 23.6 Å². The Hall–Kier alpha value is -1.67. The minimum Gasteiger partial charge on any atom is -0.479 e. The van der Waals surface area contributed by atoms with Gasteiger partial charge in [0.05, 0.1) is 23.2 Å². The Morgan fingerprint density at radius 1 is 1.33 bits per heavy atom. The van der Waals surface area contributed by atoms with Crippen LogP contribution in [0.5, 0.6) is 0 Å². The van der Waals surface area contributed by atoms with Crippen LogP contribution in [-0.2, 0) is 9.53 Å². The molecule has 1 aromatic heterocycles. The lowest BCUT2D eigenvalue weighted by molar-refractivity contribution is -0.154. The third-order valence-electron chi connectivity index (χ3n) is 3.52. The van der Waals surface area contributed by atoms with E-state index in [2.05, 4.69) is 4.98 Å². The Balaban J connectivity index is 1.78. The van der Waals surface area contributed by atoms with Gasteiger partial charge in [-0.2, -0.15) is 0 Å². The molecule has 1 unspecified atom stereocenters. The van der Waals surface area contributed by atoms with E-state index >= 15 is 0 Å². The van der Waals surface area contributed by atoms with Crippen molar-refractivity contribution in [2.24, 2.45) is 0 Å². The molecular weight excluding hydrogens is 375 g/mol. The molecule has 0 saturated carbocycles. The normalized spacial score (nSPS) is 17.8. The highest BCUT2D eigenvalue weighted by Gasteiger charge is 2.30. The number of halogens is 2. The maximum absolute atomic E-state index is 12.5. The van der Waals surface area contributed by atoms with E-state index in [1.807, 2.05) is 0 Å². The number of carbonyl (C=O) groups is 2. The van der Waals surface area contributed by atoms with Crippen molar-refractivity contribution < 1.29 is 19.4 Å². The number of carboxylic acid groups (broad SMARTS) is 1. The molecular formula is C15H12Cl2N2O4S. The van der Waals surface area contributed by atoms with Crippen LogP contribution in [0.15, 0.2) is 23.6 Å². The van der Waals surface area contributed by atoms with Crippen LogP contribution < -0.4 is 0 Å². The summed E-state index contributed by atoms with van der Waals surface area (Å²) in [7, 11) is 0. The lowest BCUT2D eigenvalue weighted by Crippen LogP contribution is -2.48. The zero-order valence-electron chi connectivity index (χ0n) is 12.2. The molecule has 1 fully saturated rings. The van der Waals surface area contributed by atoms with Gasteiger partial charge in [0, 0.05) is 17.5 Å². The molecule has 1 atom stereocenters. The van der Waals surface area contributed by atoms with Gasteiger partial charge in [0.25, 0.3) is 5.91 Å². The lowest BCUT2D eigenvalue weighted by Gasteiger charge is -2.30. The van der Waals surface area contributed by atoms with E-state index < -0.39 is 12.1 Å². The molecule has 1 amide bonds. The number of amides is 1. The fraction of sp³-hybridized carbons (Fsp3) is 0.267. The second kappa shape index (κ2) is 7.06. The zero-order valence-corrected chi connectivity index (χ0v) is 14.6. The van der Waals surface area contributed by atoms with Crippen molar-refractivity contribution >= 4 is 46.4 Å². The highest BCUT2D eigenvalue weighted by Crippen LogP contribution is 2.30. The number of aromatic nitrogens is 1. The summed E-state index contributed by atoms with van der Waals surface area (Å²) in [5, 5.41) is 12.2. The summed E-state index contributed by atoms with van der Waals surface area (Å²) in [5.74, 6) is -1.39. The number of nitrogens with zero attached hydrogens (tertiary/aromatic N) is 2. The Morgan fingerprint density at radius 3 is 2.83 bits per heavy atom. The molecule has 2 heterocycles. The summed E-state index contributed by atoms with van der Waals surface area (Å²) in [6.45, 7) is 0.530. The number of benzene rings is 1. The molecule has 2 aromatic rings. The predicted octanol–water partition coefficient (Wildman–Crippen LogP) is 3.04. The van der Waals surface area contributed by atoms with Gasteiger partial charge in [-0.3, -0.25) is 4.79 Å². The number of hydrogen-bond donors (Lipinski definition) is 1. The minimum absolute atomic E-state index is 0.00774. The van der Waals surface area contributed by atoms with Gasteiger partial charge in [-0.05, 0) is 12.1 Å². The van der Waals surface area contributed by atoms with Crippen LogP contribution in [-0.4, -0.2) is 52.7 Å².